The Bertz CT molecular complexity index is 448. The number of hydrazine groups is 1. The molecule has 1 fully saturated rings. The van der Waals surface area contributed by atoms with Crippen molar-refractivity contribution in [2.75, 3.05) is 18.6 Å². The van der Waals surface area contributed by atoms with E-state index in [0.29, 0.717) is 22.8 Å². The lowest BCUT2D eigenvalue weighted by Gasteiger charge is -2.12. The summed E-state index contributed by atoms with van der Waals surface area (Å²) in [6.45, 7) is 1.41. The zero-order chi connectivity index (χ0) is 13.7. The van der Waals surface area contributed by atoms with Gasteiger partial charge in [0.25, 0.3) is 5.91 Å². The average molecular weight is 284 g/mol. The van der Waals surface area contributed by atoms with Crippen molar-refractivity contribution in [2.45, 2.75) is 25.4 Å². The maximum absolute atomic E-state index is 12.0. The molecule has 1 heterocycles. The molecule has 2 rings (SSSR count). The van der Waals surface area contributed by atoms with Gasteiger partial charge in [-0.3, -0.25) is 10.6 Å². The summed E-state index contributed by atoms with van der Waals surface area (Å²) in [5.41, 5.74) is 3.49. The van der Waals surface area contributed by atoms with Crippen molar-refractivity contribution < 1.29 is 9.53 Å². The number of nitrogens with two attached hydrogens (primary N) is 1. The molecule has 104 valence electrons. The molecule has 1 aromatic carbocycles. The molecule has 1 aliphatic heterocycles. The standard InChI is InChI=1S/C13H18ClN3O2/c14-9-3-4-12(17-15)11(8-9)13(18)16-6-5-10-2-1-7-19-10/h3-4,8,10,17H,1-2,5-7,15H2,(H,16,18). The molecular weight excluding hydrogens is 266 g/mol. The highest BCUT2D eigenvalue weighted by Gasteiger charge is 2.16. The highest BCUT2D eigenvalue weighted by molar-refractivity contribution is 6.31. The van der Waals surface area contributed by atoms with E-state index in [1.165, 1.54) is 0 Å². The average Bonchev–Trinajstić information content (AvgIpc) is 2.91. The maximum atomic E-state index is 12.0. The number of amides is 1. The highest BCUT2D eigenvalue weighted by Crippen LogP contribution is 2.20. The zero-order valence-electron chi connectivity index (χ0n) is 10.6. The lowest BCUT2D eigenvalue weighted by Crippen LogP contribution is -2.28. The first kappa shape index (κ1) is 14.1. The van der Waals surface area contributed by atoms with Gasteiger partial charge in [0.15, 0.2) is 0 Å². The number of carbonyl (C=O) groups excluding carboxylic acids is 1. The predicted molar refractivity (Wildman–Crippen MR) is 75.2 cm³/mol. The monoisotopic (exact) mass is 283 g/mol. The van der Waals surface area contributed by atoms with Crippen LogP contribution in [0, 0.1) is 0 Å². The smallest absolute Gasteiger partial charge is 0.253 e. The van der Waals surface area contributed by atoms with Crippen LogP contribution < -0.4 is 16.6 Å². The van der Waals surface area contributed by atoms with Gasteiger partial charge in [-0.1, -0.05) is 11.6 Å². The lowest BCUT2D eigenvalue weighted by molar-refractivity contribution is 0.0908. The molecule has 1 unspecified atom stereocenters. The Hall–Kier alpha value is -1.30. The SMILES string of the molecule is NNc1ccc(Cl)cc1C(=O)NCCC1CCCO1. The van der Waals surface area contributed by atoms with Crippen LogP contribution in [0.2, 0.25) is 5.02 Å². The topological polar surface area (TPSA) is 76.4 Å². The van der Waals surface area contributed by atoms with E-state index in [-0.39, 0.29) is 12.0 Å². The first-order valence-electron chi connectivity index (χ1n) is 6.36. The van der Waals surface area contributed by atoms with Crippen molar-refractivity contribution in [3.63, 3.8) is 0 Å². The predicted octanol–water partition coefficient (Wildman–Crippen LogP) is 1.92. The van der Waals surface area contributed by atoms with Crippen LogP contribution in [0.15, 0.2) is 18.2 Å². The van der Waals surface area contributed by atoms with Crippen LogP contribution in [0.4, 0.5) is 5.69 Å². The number of ether oxygens (including phenoxy) is 1. The number of hydrogen-bond acceptors (Lipinski definition) is 4. The molecule has 0 saturated carbocycles. The molecule has 0 aliphatic carbocycles. The molecular formula is C13H18ClN3O2. The molecule has 6 heteroatoms. The second-order valence-electron chi connectivity index (χ2n) is 4.51. The van der Waals surface area contributed by atoms with E-state index < -0.39 is 0 Å². The summed E-state index contributed by atoms with van der Waals surface area (Å²) in [6, 6.07) is 4.95. The first-order valence-corrected chi connectivity index (χ1v) is 6.74. The van der Waals surface area contributed by atoms with Crippen LogP contribution in [0.3, 0.4) is 0 Å². The Balaban J connectivity index is 1.89. The summed E-state index contributed by atoms with van der Waals surface area (Å²) in [6.07, 6.45) is 3.28. The van der Waals surface area contributed by atoms with E-state index in [2.05, 4.69) is 10.7 Å². The van der Waals surface area contributed by atoms with Gasteiger partial charge < -0.3 is 15.5 Å². The van der Waals surface area contributed by atoms with E-state index in [9.17, 15) is 4.79 Å². The van der Waals surface area contributed by atoms with Gasteiger partial charge in [0.2, 0.25) is 0 Å². The number of benzene rings is 1. The summed E-state index contributed by atoms with van der Waals surface area (Å²) >= 11 is 5.89. The van der Waals surface area contributed by atoms with Gasteiger partial charge in [0.1, 0.15) is 0 Å². The van der Waals surface area contributed by atoms with Crippen molar-refractivity contribution in [1.29, 1.82) is 0 Å². The summed E-state index contributed by atoms with van der Waals surface area (Å²) < 4.78 is 5.50. The fourth-order valence-electron chi connectivity index (χ4n) is 2.14. The Kier molecular flexibility index (Phi) is 5.01. The summed E-state index contributed by atoms with van der Waals surface area (Å²) in [4.78, 5) is 12.0. The van der Waals surface area contributed by atoms with Gasteiger partial charge in [-0.15, -0.1) is 0 Å². The maximum Gasteiger partial charge on any atom is 0.253 e. The number of hydrogen-bond donors (Lipinski definition) is 3. The van der Waals surface area contributed by atoms with Gasteiger partial charge >= 0.3 is 0 Å². The van der Waals surface area contributed by atoms with E-state index in [4.69, 9.17) is 22.2 Å². The first-order chi connectivity index (χ1) is 9.20. The van der Waals surface area contributed by atoms with Crippen LogP contribution in [-0.4, -0.2) is 25.2 Å². The minimum absolute atomic E-state index is 0.187. The lowest BCUT2D eigenvalue weighted by atomic mass is 10.1. The van der Waals surface area contributed by atoms with Gasteiger partial charge in [-0.05, 0) is 37.5 Å². The second kappa shape index (κ2) is 6.75. The molecule has 1 aliphatic rings. The van der Waals surface area contributed by atoms with E-state index in [1.807, 2.05) is 0 Å². The van der Waals surface area contributed by atoms with E-state index >= 15 is 0 Å². The van der Waals surface area contributed by atoms with Gasteiger partial charge in [0.05, 0.1) is 17.4 Å². The van der Waals surface area contributed by atoms with Crippen LogP contribution in [0.1, 0.15) is 29.6 Å². The van der Waals surface area contributed by atoms with Gasteiger partial charge in [-0.25, -0.2) is 0 Å². The van der Waals surface area contributed by atoms with Gasteiger partial charge in [0, 0.05) is 18.2 Å². The minimum Gasteiger partial charge on any atom is -0.378 e. The number of rotatable bonds is 5. The normalized spacial score (nSPS) is 18.3. The minimum atomic E-state index is -0.187. The Morgan fingerprint density at radius 3 is 3.05 bits per heavy atom. The molecule has 0 bridgehead atoms. The molecule has 0 radical (unpaired) electrons. The Morgan fingerprint density at radius 1 is 1.53 bits per heavy atom. The number of nitrogens with one attached hydrogen (secondary N) is 2. The number of anilines is 1. The third-order valence-corrected chi connectivity index (χ3v) is 3.39. The number of halogens is 1. The molecule has 1 aromatic rings. The Morgan fingerprint density at radius 2 is 2.37 bits per heavy atom. The number of carbonyl (C=O) groups is 1. The summed E-state index contributed by atoms with van der Waals surface area (Å²) in [5.74, 6) is 5.19. The van der Waals surface area contributed by atoms with E-state index in [1.54, 1.807) is 18.2 Å². The number of nitrogen functional groups attached to an aromatic ring is 1. The van der Waals surface area contributed by atoms with Crippen LogP contribution in [0.5, 0.6) is 0 Å². The van der Waals surface area contributed by atoms with Crippen molar-refractivity contribution in [3.8, 4) is 0 Å². The van der Waals surface area contributed by atoms with Crippen LogP contribution in [0.25, 0.3) is 0 Å². The van der Waals surface area contributed by atoms with Crippen molar-refractivity contribution >= 4 is 23.2 Å². The molecule has 0 spiro atoms. The molecule has 0 aromatic heterocycles. The molecule has 1 saturated heterocycles. The fraction of sp³-hybridized carbons (Fsp3) is 0.462. The van der Waals surface area contributed by atoms with Crippen LogP contribution in [-0.2, 0) is 4.74 Å². The third kappa shape index (κ3) is 3.83. The molecule has 1 amide bonds. The second-order valence-corrected chi connectivity index (χ2v) is 4.95. The third-order valence-electron chi connectivity index (χ3n) is 3.16. The molecule has 5 nitrogen and oxygen atoms in total. The van der Waals surface area contributed by atoms with Crippen LogP contribution >= 0.6 is 11.6 Å². The van der Waals surface area contributed by atoms with E-state index in [0.717, 1.165) is 25.9 Å². The zero-order valence-corrected chi connectivity index (χ0v) is 11.4. The van der Waals surface area contributed by atoms with Crippen molar-refractivity contribution in [3.05, 3.63) is 28.8 Å². The highest BCUT2D eigenvalue weighted by atomic mass is 35.5. The summed E-state index contributed by atoms with van der Waals surface area (Å²) in [5, 5.41) is 3.36. The van der Waals surface area contributed by atoms with Gasteiger partial charge in [-0.2, -0.15) is 0 Å². The summed E-state index contributed by atoms with van der Waals surface area (Å²) in [7, 11) is 0. The fourth-order valence-corrected chi connectivity index (χ4v) is 2.32. The van der Waals surface area contributed by atoms with Crippen molar-refractivity contribution in [2.24, 2.45) is 5.84 Å². The molecule has 1 atom stereocenters. The van der Waals surface area contributed by atoms with Crippen molar-refractivity contribution in [1.82, 2.24) is 5.32 Å². The quantitative estimate of drug-likeness (QED) is 0.570. The molecule has 4 N–H and O–H groups in total. The Labute approximate surface area is 117 Å². The molecule has 19 heavy (non-hydrogen) atoms. The largest absolute Gasteiger partial charge is 0.378 e.